The Balaban J connectivity index is 2.08. The van der Waals surface area contributed by atoms with Crippen molar-refractivity contribution in [2.75, 3.05) is 13.2 Å². The van der Waals surface area contributed by atoms with Gasteiger partial charge in [0.15, 0.2) is 0 Å². The van der Waals surface area contributed by atoms with E-state index in [4.69, 9.17) is 27.9 Å². The van der Waals surface area contributed by atoms with E-state index in [0.29, 0.717) is 16.1 Å². The summed E-state index contributed by atoms with van der Waals surface area (Å²) in [7, 11) is 0. The highest BCUT2D eigenvalue weighted by atomic mass is 35.5. The molecule has 0 spiro atoms. The second-order valence-corrected chi connectivity index (χ2v) is 5.87. The van der Waals surface area contributed by atoms with Gasteiger partial charge in [0.1, 0.15) is 0 Å². The number of halogens is 2. The molecule has 1 aliphatic rings. The van der Waals surface area contributed by atoms with E-state index in [0.717, 1.165) is 32.4 Å². The number of rotatable bonds is 6. The molecule has 1 fully saturated rings. The first-order chi connectivity index (χ1) is 9.20. The normalized spacial score (nSPS) is 20.7. The van der Waals surface area contributed by atoms with E-state index in [1.165, 1.54) is 12.0 Å². The monoisotopic (exact) mass is 301 g/mol. The Morgan fingerprint density at radius 3 is 2.84 bits per heavy atom. The molecular formula is C15H21Cl2NO. The molecule has 2 rings (SSSR count). The average molecular weight is 302 g/mol. The van der Waals surface area contributed by atoms with Gasteiger partial charge in [-0.25, -0.2) is 0 Å². The summed E-state index contributed by atoms with van der Waals surface area (Å²) in [6.07, 6.45) is 4.81. The van der Waals surface area contributed by atoms with Crippen LogP contribution in [-0.4, -0.2) is 19.3 Å². The van der Waals surface area contributed by atoms with Crippen molar-refractivity contribution in [2.45, 2.75) is 44.8 Å². The Bertz CT molecular complexity index is 405. The molecule has 2 unspecified atom stereocenters. The molecule has 4 heteroatoms. The highest BCUT2D eigenvalue weighted by molar-refractivity contribution is 6.42. The summed E-state index contributed by atoms with van der Waals surface area (Å²) in [4.78, 5) is 0. The predicted molar refractivity (Wildman–Crippen MR) is 81.1 cm³/mol. The Morgan fingerprint density at radius 1 is 1.37 bits per heavy atom. The van der Waals surface area contributed by atoms with Gasteiger partial charge in [-0.1, -0.05) is 36.2 Å². The van der Waals surface area contributed by atoms with E-state index in [1.807, 2.05) is 12.1 Å². The smallest absolute Gasteiger partial charge is 0.0595 e. The number of benzene rings is 1. The Hall–Kier alpha value is -0.280. The zero-order valence-corrected chi connectivity index (χ0v) is 12.8. The van der Waals surface area contributed by atoms with E-state index in [9.17, 15) is 0 Å². The van der Waals surface area contributed by atoms with Crippen molar-refractivity contribution >= 4 is 23.2 Å². The highest BCUT2D eigenvalue weighted by Crippen LogP contribution is 2.29. The standard InChI is InChI=1S/C15H21Cl2NO/c1-2-7-18-15(10-12-4-3-8-19-12)11-5-6-13(16)14(17)9-11/h5-6,9,12,15,18H,2-4,7-8,10H2,1H3. The van der Waals surface area contributed by atoms with Crippen molar-refractivity contribution in [1.82, 2.24) is 5.32 Å². The Labute approximate surface area is 125 Å². The van der Waals surface area contributed by atoms with E-state index >= 15 is 0 Å². The van der Waals surface area contributed by atoms with Gasteiger partial charge in [-0.2, -0.15) is 0 Å². The summed E-state index contributed by atoms with van der Waals surface area (Å²) in [6.45, 7) is 4.06. The fraction of sp³-hybridized carbons (Fsp3) is 0.600. The van der Waals surface area contributed by atoms with Crippen LogP contribution in [0.5, 0.6) is 0 Å². The summed E-state index contributed by atoms with van der Waals surface area (Å²) >= 11 is 12.1. The predicted octanol–water partition coefficient (Wildman–Crippen LogP) is 4.60. The first-order valence-electron chi connectivity index (χ1n) is 7.00. The van der Waals surface area contributed by atoms with Crippen LogP contribution >= 0.6 is 23.2 Å². The van der Waals surface area contributed by atoms with Crippen LogP contribution in [0.2, 0.25) is 10.0 Å². The lowest BCUT2D eigenvalue weighted by molar-refractivity contribution is 0.0946. The van der Waals surface area contributed by atoms with Gasteiger partial charge >= 0.3 is 0 Å². The Morgan fingerprint density at radius 2 is 2.21 bits per heavy atom. The molecule has 2 atom stereocenters. The third kappa shape index (κ3) is 4.35. The van der Waals surface area contributed by atoms with Gasteiger partial charge in [-0.05, 0) is 49.9 Å². The van der Waals surface area contributed by atoms with Crippen molar-refractivity contribution in [2.24, 2.45) is 0 Å². The van der Waals surface area contributed by atoms with Crippen LogP contribution in [0.4, 0.5) is 0 Å². The minimum atomic E-state index is 0.290. The van der Waals surface area contributed by atoms with Crippen molar-refractivity contribution in [1.29, 1.82) is 0 Å². The Kier molecular flexibility index (Phi) is 5.96. The largest absolute Gasteiger partial charge is 0.378 e. The van der Waals surface area contributed by atoms with E-state index in [1.54, 1.807) is 0 Å². The fourth-order valence-electron chi connectivity index (χ4n) is 2.48. The first kappa shape index (κ1) is 15.1. The molecule has 0 saturated carbocycles. The number of hydrogen-bond donors (Lipinski definition) is 1. The molecule has 0 radical (unpaired) electrons. The minimum absolute atomic E-state index is 0.290. The summed E-state index contributed by atoms with van der Waals surface area (Å²) in [5.41, 5.74) is 1.19. The summed E-state index contributed by atoms with van der Waals surface area (Å²) in [5, 5.41) is 4.81. The molecule has 2 nitrogen and oxygen atoms in total. The van der Waals surface area contributed by atoms with Crippen LogP contribution < -0.4 is 5.32 Å². The molecule has 1 heterocycles. The summed E-state index contributed by atoms with van der Waals surface area (Å²) in [5.74, 6) is 0. The molecule has 1 aromatic rings. The number of hydrogen-bond acceptors (Lipinski definition) is 2. The molecule has 1 N–H and O–H groups in total. The lowest BCUT2D eigenvalue weighted by Crippen LogP contribution is -2.26. The molecule has 0 amide bonds. The van der Waals surface area contributed by atoms with Gasteiger partial charge in [0.25, 0.3) is 0 Å². The van der Waals surface area contributed by atoms with Crippen LogP contribution in [0.15, 0.2) is 18.2 Å². The summed E-state index contributed by atoms with van der Waals surface area (Å²) < 4.78 is 5.74. The molecule has 1 saturated heterocycles. The van der Waals surface area contributed by atoms with Crippen molar-refractivity contribution in [3.63, 3.8) is 0 Å². The van der Waals surface area contributed by atoms with Gasteiger partial charge in [0, 0.05) is 12.6 Å². The number of ether oxygens (including phenoxy) is 1. The van der Waals surface area contributed by atoms with Crippen LogP contribution in [0.1, 0.15) is 44.2 Å². The van der Waals surface area contributed by atoms with Crippen LogP contribution in [0.3, 0.4) is 0 Å². The minimum Gasteiger partial charge on any atom is -0.378 e. The van der Waals surface area contributed by atoms with E-state index in [2.05, 4.69) is 18.3 Å². The topological polar surface area (TPSA) is 21.3 Å². The maximum atomic E-state index is 6.12. The quantitative estimate of drug-likeness (QED) is 0.829. The molecule has 0 aliphatic carbocycles. The van der Waals surface area contributed by atoms with Crippen molar-refractivity contribution in [3.05, 3.63) is 33.8 Å². The molecule has 1 aromatic carbocycles. The second kappa shape index (κ2) is 7.49. The third-order valence-electron chi connectivity index (χ3n) is 3.51. The zero-order chi connectivity index (χ0) is 13.7. The first-order valence-corrected chi connectivity index (χ1v) is 7.76. The zero-order valence-electron chi connectivity index (χ0n) is 11.3. The molecule has 0 bridgehead atoms. The van der Waals surface area contributed by atoms with Gasteiger partial charge in [-0.15, -0.1) is 0 Å². The van der Waals surface area contributed by atoms with Crippen molar-refractivity contribution < 1.29 is 4.74 Å². The molecule has 1 aliphatic heterocycles. The second-order valence-electron chi connectivity index (χ2n) is 5.05. The molecule has 0 aromatic heterocycles. The molecule has 19 heavy (non-hydrogen) atoms. The maximum Gasteiger partial charge on any atom is 0.0595 e. The average Bonchev–Trinajstić information content (AvgIpc) is 2.91. The van der Waals surface area contributed by atoms with E-state index in [-0.39, 0.29) is 6.04 Å². The van der Waals surface area contributed by atoms with Gasteiger partial charge in [-0.3, -0.25) is 0 Å². The van der Waals surface area contributed by atoms with Gasteiger partial charge in [0.2, 0.25) is 0 Å². The van der Waals surface area contributed by atoms with Crippen LogP contribution in [0, 0.1) is 0 Å². The van der Waals surface area contributed by atoms with Crippen LogP contribution in [0.25, 0.3) is 0 Å². The molecular weight excluding hydrogens is 281 g/mol. The van der Waals surface area contributed by atoms with Gasteiger partial charge in [0.05, 0.1) is 16.1 Å². The SMILES string of the molecule is CCCNC(CC1CCCO1)c1ccc(Cl)c(Cl)c1. The fourth-order valence-corrected chi connectivity index (χ4v) is 2.78. The number of nitrogens with one attached hydrogen (secondary N) is 1. The highest BCUT2D eigenvalue weighted by Gasteiger charge is 2.22. The third-order valence-corrected chi connectivity index (χ3v) is 4.25. The summed E-state index contributed by atoms with van der Waals surface area (Å²) in [6, 6.07) is 6.18. The lowest BCUT2D eigenvalue weighted by Gasteiger charge is -2.22. The van der Waals surface area contributed by atoms with Crippen LogP contribution in [-0.2, 0) is 4.74 Å². The van der Waals surface area contributed by atoms with Gasteiger partial charge < -0.3 is 10.1 Å². The molecule has 106 valence electrons. The van der Waals surface area contributed by atoms with E-state index < -0.39 is 0 Å². The lowest BCUT2D eigenvalue weighted by atomic mass is 9.99. The maximum absolute atomic E-state index is 6.12. The van der Waals surface area contributed by atoms with Crippen molar-refractivity contribution in [3.8, 4) is 0 Å².